The van der Waals surface area contributed by atoms with Gasteiger partial charge in [0, 0.05) is 31.9 Å². The Morgan fingerprint density at radius 2 is 2.10 bits per heavy atom. The van der Waals surface area contributed by atoms with E-state index in [4.69, 9.17) is 5.73 Å². The third-order valence-electron chi connectivity index (χ3n) is 4.37. The van der Waals surface area contributed by atoms with Gasteiger partial charge in [-0.15, -0.1) is 0 Å². The van der Waals surface area contributed by atoms with Crippen LogP contribution in [0.3, 0.4) is 0 Å². The number of nitrogens with zero attached hydrogens (tertiary/aromatic N) is 4. The van der Waals surface area contributed by atoms with Crippen molar-refractivity contribution in [1.29, 1.82) is 0 Å². The Morgan fingerprint density at radius 1 is 1.29 bits per heavy atom. The lowest BCUT2D eigenvalue weighted by Crippen LogP contribution is -2.39. The van der Waals surface area contributed by atoms with Crippen LogP contribution in [0.4, 0.5) is 0 Å². The van der Waals surface area contributed by atoms with E-state index in [1.54, 1.807) is 15.2 Å². The molecular formula is C13H23N5O2S. The van der Waals surface area contributed by atoms with Gasteiger partial charge in [0.2, 0.25) is 10.0 Å². The van der Waals surface area contributed by atoms with Gasteiger partial charge in [-0.1, -0.05) is 0 Å². The molecule has 1 aromatic rings. The first-order chi connectivity index (χ1) is 10.1. The van der Waals surface area contributed by atoms with Crippen LogP contribution in [0.15, 0.2) is 17.3 Å². The molecule has 2 aliphatic heterocycles. The Kier molecular flexibility index (Phi) is 4.30. The van der Waals surface area contributed by atoms with E-state index in [9.17, 15) is 8.42 Å². The summed E-state index contributed by atoms with van der Waals surface area (Å²) >= 11 is 0. The first-order valence-corrected chi connectivity index (χ1v) is 9.02. The lowest BCUT2D eigenvalue weighted by molar-refractivity contribution is 0.257. The molecule has 0 aliphatic carbocycles. The predicted octanol–water partition coefficient (Wildman–Crippen LogP) is -0.299. The lowest BCUT2D eigenvalue weighted by Gasteiger charge is -2.24. The van der Waals surface area contributed by atoms with Crippen molar-refractivity contribution in [1.82, 2.24) is 19.0 Å². The van der Waals surface area contributed by atoms with Crippen molar-refractivity contribution >= 4 is 10.0 Å². The number of hydrogen-bond donors (Lipinski definition) is 1. The largest absolute Gasteiger partial charge is 0.329 e. The van der Waals surface area contributed by atoms with Crippen molar-refractivity contribution in [2.75, 3.05) is 32.7 Å². The molecule has 1 unspecified atom stereocenters. The zero-order valence-electron chi connectivity index (χ0n) is 12.2. The molecular weight excluding hydrogens is 290 g/mol. The third-order valence-corrected chi connectivity index (χ3v) is 6.19. The van der Waals surface area contributed by atoms with E-state index < -0.39 is 10.0 Å². The van der Waals surface area contributed by atoms with E-state index in [1.807, 2.05) is 0 Å². The van der Waals surface area contributed by atoms with E-state index in [-0.39, 0.29) is 4.90 Å². The van der Waals surface area contributed by atoms with Gasteiger partial charge >= 0.3 is 0 Å². The zero-order valence-corrected chi connectivity index (χ0v) is 13.0. The van der Waals surface area contributed by atoms with Gasteiger partial charge in [0.05, 0.1) is 12.7 Å². The highest BCUT2D eigenvalue weighted by Gasteiger charge is 2.34. The molecule has 0 radical (unpaired) electrons. The van der Waals surface area contributed by atoms with Crippen molar-refractivity contribution in [2.24, 2.45) is 5.73 Å². The van der Waals surface area contributed by atoms with Crippen molar-refractivity contribution in [3.8, 4) is 0 Å². The smallest absolute Gasteiger partial charge is 0.246 e. The third kappa shape index (κ3) is 2.98. The van der Waals surface area contributed by atoms with Gasteiger partial charge in [-0.25, -0.2) is 8.42 Å². The van der Waals surface area contributed by atoms with E-state index in [2.05, 4.69) is 10.00 Å². The molecule has 0 bridgehead atoms. The van der Waals surface area contributed by atoms with Gasteiger partial charge in [-0.2, -0.15) is 9.40 Å². The Balaban J connectivity index is 1.79. The number of hydrogen-bond acceptors (Lipinski definition) is 5. The highest BCUT2D eigenvalue weighted by molar-refractivity contribution is 7.89. The van der Waals surface area contributed by atoms with Crippen molar-refractivity contribution in [2.45, 2.75) is 36.7 Å². The van der Waals surface area contributed by atoms with Crippen LogP contribution in [-0.4, -0.2) is 66.2 Å². The van der Waals surface area contributed by atoms with Gasteiger partial charge in [0.1, 0.15) is 4.90 Å². The van der Waals surface area contributed by atoms with Crippen LogP contribution in [0.1, 0.15) is 19.3 Å². The molecule has 0 amide bonds. The molecule has 3 heterocycles. The summed E-state index contributed by atoms with van der Waals surface area (Å²) in [4.78, 5) is 2.70. The molecule has 3 rings (SSSR count). The first kappa shape index (κ1) is 15.0. The van der Waals surface area contributed by atoms with E-state index in [0.29, 0.717) is 32.2 Å². The Labute approximate surface area is 125 Å². The van der Waals surface area contributed by atoms with Gasteiger partial charge < -0.3 is 5.73 Å². The maximum absolute atomic E-state index is 12.8. The van der Waals surface area contributed by atoms with Crippen LogP contribution in [-0.2, 0) is 16.6 Å². The minimum absolute atomic E-state index is 0.280. The first-order valence-electron chi connectivity index (χ1n) is 7.58. The second-order valence-electron chi connectivity index (χ2n) is 5.78. The van der Waals surface area contributed by atoms with Crippen LogP contribution >= 0.6 is 0 Å². The molecule has 2 N–H and O–H groups in total. The fraction of sp³-hybridized carbons (Fsp3) is 0.769. The highest BCUT2D eigenvalue weighted by atomic mass is 32.2. The Hall–Kier alpha value is -0.960. The summed E-state index contributed by atoms with van der Waals surface area (Å²) in [5.74, 6) is 0. The number of rotatable bonds is 4. The summed E-state index contributed by atoms with van der Waals surface area (Å²) in [7, 11) is -3.44. The molecule has 0 aromatic carbocycles. The molecule has 1 aromatic heterocycles. The predicted molar refractivity (Wildman–Crippen MR) is 79.3 cm³/mol. The molecule has 118 valence electrons. The molecule has 2 saturated heterocycles. The minimum Gasteiger partial charge on any atom is -0.329 e. The quantitative estimate of drug-likeness (QED) is 0.825. The molecule has 0 spiro atoms. The molecule has 0 saturated carbocycles. The van der Waals surface area contributed by atoms with Crippen LogP contribution in [0, 0.1) is 0 Å². The van der Waals surface area contributed by atoms with E-state index in [1.165, 1.54) is 12.6 Å². The topological polar surface area (TPSA) is 84.5 Å². The molecule has 2 fully saturated rings. The van der Waals surface area contributed by atoms with Gasteiger partial charge in [0.25, 0.3) is 0 Å². The zero-order chi connectivity index (χ0) is 14.9. The second-order valence-corrected chi connectivity index (χ2v) is 7.71. The maximum atomic E-state index is 12.8. The van der Waals surface area contributed by atoms with Crippen molar-refractivity contribution in [3.05, 3.63) is 12.4 Å². The summed E-state index contributed by atoms with van der Waals surface area (Å²) in [6, 6.07) is 0.376. The summed E-state index contributed by atoms with van der Waals surface area (Å²) in [6.45, 7) is 4.28. The number of fused-ring (bicyclic) bond motifs is 1. The van der Waals surface area contributed by atoms with E-state index in [0.717, 1.165) is 25.9 Å². The number of aromatic nitrogens is 2. The molecule has 21 heavy (non-hydrogen) atoms. The minimum atomic E-state index is -3.44. The molecule has 2 aliphatic rings. The monoisotopic (exact) mass is 313 g/mol. The molecule has 1 atom stereocenters. The van der Waals surface area contributed by atoms with Gasteiger partial charge in [-0.3, -0.25) is 9.58 Å². The lowest BCUT2D eigenvalue weighted by atomic mass is 10.2. The standard InChI is InChI=1S/C13H23N5O2S/c14-4-8-17-11-13(9-15-17)21(19,20)18-7-2-6-16-5-1-3-12(16)10-18/h9,11-12H,1-8,10,14H2. The van der Waals surface area contributed by atoms with Crippen LogP contribution in [0.5, 0.6) is 0 Å². The highest BCUT2D eigenvalue weighted by Crippen LogP contribution is 2.25. The van der Waals surface area contributed by atoms with Crippen LogP contribution < -0.4 is 5.73 Å². The average molecular weight is 313 g/mol. The Morgan fingerprint density at radius 3 is 2.90 bits per heavy atom. The fourth-order valence-electron chi connectivity index (χ4n) is 3.27. The summed E-state index contributed by atoms with van der Waals surface area (Å²) in [5, 5.41) is 4.08. The van der Waals surface area contributed by atoms with Crippen LogP contribution in [0.25, 0.3) is 0 Å². The average Bonchev–Trinajstić information content (AvgIpc) is 3.05. The second kappa shape index (κ2) is 6.04. The number of sulfonamides is 1. The van der Waals surface area contributed by atoms with Crippen LogP contribution in [0.2, 0.25) is 0 Å². The maximum Gasteiger partial charge on any atom is 0.246 e. The molecule has 7 nitrogen and oxygen atoms in total. The van der Waals surface area contributed by atoms with E-state index >= 15 is 0 Å². The fourth-order valence-corrected chi connectivity index (χ4v) is 4.74. The van der Waals surface area contributed by atoms with Gasteiger partial charge in [0.15, 0.2) is 0 Å². The van der Waals surface area contributed by atoms with Crippen molar-refractivity contribution in [3.63, 3.8) is 0 Å². The SMILES string of the molecule is NCCn1cc(S(=O)(=O)N2CCCN3CCCC3C2)cn1. The number of nitrogens with two attached hydrogens (primary N) is 1. The van der Waals surface area contributed by atoms with Crippen molar-refractivity contribution < 1.29 is 8.42 Å². The normalized spacial score (nSPS) is 24.9. The summed E-state index contributed by atoms with van der Waals surface area (Å²) in [5.41, 5.74) is 5.47. The summed E-state index contributed by atoms with van der Waals surface area (Å²) < 4.78 is 28.8. The Bertz CT molecular complexity index is 585. The van der Waals surface area contributed by atoms with Gasteiger partial charge in [-0.05, 0) is 32.4 Å². The summed E-state index contributed by atoms with van der Waals surface area (Å²) in [6.07, 6.45) is 6.18. The molecule has 8 heteroatoms.